The van der Waals surface area contributed by atoms with E-state index in [1.54, 1.807) is 36.5 Å². The quantitative estimate of drug-likeness (QED) is 0.476. The summed E-state index contributed by atoms with van der Waals surface area (Å²) in [6.07, 6.45) is 1.77. The van der Waals surface area contributed by atoms with E-state index in [-0.39, 0.29) is 12.4 Å². The molecule has 0 aromatic heterocycles. The first kappa shape index (κ1) is 18.2. The Hall–Kier alpha value is -2.65. The van der Waals surface area contributed by atoms with Gasteiger partial charge in [-0.3, -0.25) is 4.99 Å². The van der Waals surface area contributed by atoms with Crippen LogP contribution in [0.5, 0.6) is 5.75 Å². The molecule has 0 aliphatic heterocycles. The fourth-order valence-electron chi connectivity index (χ4n) is 2.58. The molecule has 0 saturated heterocycles. The van der Waals surface area contributed by atoms with Gasteiger partial charge < -0.3 is 4.74 Å². The molecule has 0 N–H and O–H groups in total. The van der Waals surface area contributed by atoms with Crippen LogP contribution in [0.2, 0.25) is 5.02 Å². The molecule has 0 spiro atoms. The van der Waals surface area contributed by atoms with Crippen LogP contribution in [0.25, 0.3) is 0 Å². The van der Waals surface area contributed by atoms with Crippen molar-refractivity contribution in [1.29, 1.82) is 0 Å². The molecule has 0 atom stereocenters. The molecule has 4 heteroatoms. The highest BCUT2D eigenvalue weighted by molar-refractivity contribution is 6.32. The van der Waals surface area contributed by atoms with Crippen LogP contribution in [-0.4, -0.2) is 6.21 Å². The minimum Gasteiger partial charge on any atom is -0.487 e. The maximum Gasteiger partial charge on any atom is 0.138 e. The lowest BCUT2D eigenvalue weighted by atomic mass is 10.1. The molecule has 0 aliphatic carbocycles. The molecule has 3 rings (SSSR count). The lowest BCUT2D eigenvalue weighted by Gasteiger charge is -2.09. The topological polar surface area (TPSA) is 21.6 Å². The van der Waals surface area contributed by atoms with Gasteiger partial charge in [0.25, 0.3) is 0 Å². The smallest absolute Gasteiger partial charge is 0.138 e. The SMILES string of the molecule is Cc1ccc(N=Cc2ccc(OCc3ccccc3F)c(Cl)c2)c(C)c1. The molecule has 0 amide bonds. The second-order valence-corrected chi connectivity index (χ2v) is 6.53. The van der Waals surface area contributed by atoms with E-state index in [0.717, 1.165) is 16.8 Å². The first-order valence-corrected chi connectivity index (χ1v) is 8.68. The van der Waals surface area contributed by atoms with Crippen molar-refractivity contribution in [3.8, 4) is 5.75 Å². The van der Waals surface area contributed by atoms with Crippen molar-refractivity contribution in [2.45, 2.75) is 20.5 Å². The Balaban J connectivity index is 1.71. The first-order valence-electron chi connectivity index (χ1n) is 8.30. The summed E-state index contributed by atoms with van der Waals surface area (Å²) in [6, 6.07) is 18.1. The number of aryl methyl sites for hydroxylation is 2. The number of hydrogen-bond donors (Lipinski definition) is 0. The predicted molar refractivity (Wildman–Crippen MR) is 105 cm³/mol. The van der Waals surface area contributed by atoms with Crippen LogP contribution in [0.3, 0.4) is 0 Å². The van der Waals surface area contributed by atoms with Gasteiger partial charge in [0.15, 0.2) is 0 Å². The zero-order valence-corrected chi connectivity index (χ0v) is 15.4. The third kappa shape index (κ3) is 4.50. The highest BCUT2D eigenvalue weighted by atomic mass is 35.5. The van der Waals surface area contributed by atoms with Gasteiger partial charge in [-0.15, -0.1) is 0 Å². The molecule has 0 fully saturated rings. The molecule has 132 valence electrons. The van der Waals surface area contributed by atoms with Gasteiger partial charge in [0.2, 0.25) is 0 Å². The molecule has 26 heavy (non-hydrogen) atoms. The zero-order chi connectivity index (χ0) is 18.5. The van der Waals surface area contributed by atoms with Crippen LogP contribution in [0.4, 0.5) is 10.1 Å². The first-order chi connectivity index (χ1) is 12.5. The van der Waals surface area contributed by atoms with E-state index >= 15 is 0 Å². The van der Waals surface area contributed by atoms with Crippen LogP contribution >= 0.6 is 11.6 Å². The van der Waals surface area contributed by atoms with E-state index in [0.29, 0.717) is 16.3 Å². The number of nitrogens with zero attached hydrogens (tertiary/aromatic N) is 1. The summed E-state index contributed by atoms with van der Waals surface area (Å²) < 4.78 is 19.3. The maximum absolute atomic E-state index is 13.6. The normalized spacial score (nSPS) is 11.1. The molecule has 0 saturated carbocycles. The van der Waals surface area contributed by atoms with Crippen LogP contribution < -0.4 is 4.74 Å². The summed E-state index contributed by atoms with van der Waals surface area (Å²) in [4.78, 5) is 4.52. The highest BCUT2D eigenvalue weighted by Crippen LogP contribution is 2.27. The van der Waals surface area contributed by atoms with Crippen molar-refractivity contribution in [1.82, 2.24) is 0 Å². The summed E-state index contributed by atoms with van der Waals surface area (Å²) in [5.41, 5.74) is 4.61. The van der Waals surface area contributed by atoms with Gasteiger partial charge in [-0.25, -0.2) is 4.39 Å². The van der Waals surface area contributed by atoms with Crippen LogP contribution in [0.1, 0.15) is 22.3 Å². The van der Waals surface area contributed by atoms with Crippen molar-refractivity contribution in [2.75, 3.05) is 0 Å². The minimum absolute atomic E-state index is 0.127. The number of benzene rings is 3. The third-order valence-electron chi connectivity index (χ3n) is 4.00. The minimum atomic E-state index is -0.291. The molecule has 3 aromatic carbocycles. The molecule has 0 heterocycles. The van der Waals surface area contributed by atoms with E-state index in [9.17, 15) is 4.39 Å². The molecular formula is C22H19ClFNO. The number of aliphatic imine (C=N–C) groups is 1. The fourth-order valence-corrected chi connectivity index (χ4v) is 2.82. The molecule has 2 nitrogen and oxygen atoms in total. The molecule has 0 bridgehead atoms. The van der Waals surface area contributed by atoms with Crippen LogP contribution in [0.15, 0.2) is 65.7 Å². The molecule has 0 unspecified atom stereocenters. The number of halogens is 2. The monoisotopic (exact) mass is 367 g/mol. The maximum atomic E-state index is 13.6. The number of rotatable bonds is 5. The summed E-state index contributed by atoms with van der Waals surface area (Å²) in [5.74, 6) is 0.222. The Morgan fingerprint density at radius 2 is 1.85 bits per heavy atom. The summed E-state index contributed by atoms with van der Waals surface area (Å²) in [7, 11) is 0. The van der Waals surface area contributed by atoms with Crippen LogP contribution in [0, 0.1) is 19.7 Å². The largest absolute Gasteiger partial charge is 0.487 e. The second-order valence-electron chi connectivity index (χ2n) is 6.12. The van der Waals surface area contributed by atoms with Gasteiger partial charge in [-0.05, 0) is 55.3 Å². The van der Waals surface area contributed by atoms with E-state index in [4.69, 9.17) is 16.3 Å². The summed E-state index contributed by atoms with van der Waals surface area (Å²) in [5, 5.41) is 0.464. The van der Waals surface area contributed by atoms with Crippen molar-refractivity contribution < 1.29 is 9.13 Å². The van der Waals surface area contributed by atoms with Gasteiger partial charge in [0.1, 0.15) is 18.2 Å². The van der Waals surface area contributed by atoms with Crippen molar-refractivity contribution >= 4 is 23.5 Å². The van der Waals surface area contributed by atoms with E-state index in [1.807, 2.05) is 25.1 Å². The summed E-state index contributed by atoms with van der Waals surface area (Å²) in [6.45, 7) is 4.22. The van der Waals surface area contributed by atoms with E-state index in [2.05, 4.69) is 18.0 Å². The number of hydrogen-bond acceptors (Lipinski definition) is 2. The molecule has 0 radical (unpaired) electrons. The standard InChI is InChI=1S/C22H19ClFNO/c1-15-7-9-21(16(2)11-15)25-13-17-8-10-22(19(23)12-17)26-14-18-5-3-4-6-20(18)24/h3-13H,14H2,1-2H3. The molecule has 3 aromatic rings. The summed E-state index contributed by atoms with van der Waals surface area (Å²) >= 11 is 6.29. The van der Waals surface area contributed by atoms with Gasteiger partial charge in [0, 0.05) is 11.8 Å². The predicted octanol–water partition coefficient (Wildman–Crippen LogP) is 6.43. The number of ether oxygens (including phenoxy) is 1. The van der Waals surface area contributed by atoms with E-state index in [1.165, 1.54) is 11.6 Å². The Morgan fingerprint density at radius 1 is 1.04 bits per heavy atom. The van der Waals surface area contributed by atoms with Gasteiger partial charge in [-0.1, -0.05) is 47.5 Å². The second kappa shape index (κ2) is 8.15. The van der Waals surface area contributed by atoms with E-state index < -0.39 is 0 Å². The molecule has 0 aliphatic rings. The van der Waals surface area contributed by atoms with Crippen molar-refractivity contribution in [3.63, 3.8) is 0 Å². The lowest BCUT2D eigenvalue weighted by Crippen LogP contribution is -1.99. The average molecular weight is 368 g/mol. The van der Waals surface area contributed by atoms with Crippen molar-refractivity contribution in [2.24, 2.45) is 4.99 Å². The van der Waals surface area contributed by atoms with Gasteiger partial charge in [-0.2, -0.15) is 0 Å². The zero-order valence-electron chi connectivity index (χ0n) is 14.7. The molecular weight excluding hydrogens is 349 g/mol. The highest BCUT2D eigenvalue weighted by Gasteiger charge is 2.06. The Morgan fingerprint density at radius 3 is 2.58 bits per heavy atom. The van der Waals surface area contributed by atoms with Gasteiger partial charge >= 0.3 is 0 Å². The third-order valence-corrected chi connectivity index (χ3v) is 4.30. The van der Waals surface area contributed by atoms with Gasteiger partial charge in [0.05, 0.1) is 10.7 Å². The van der Waals surface area contributed by atoms with Crippen molar-refractivity contribution in [3.05, 3.63) is 93.8 Å². The lowest BCUT2D eigenvalue weighted by molar-refractivity contribution is 0.300. The Kier molecular flexibility index (Phi) is 5.69. The Bertz CT molecular complexity index is 953. The average Bonchev–Trinajstić information content (AvgIpc) is 2.61. The Labute approximate surface area is 157 Å². The fraction of sp³-hybridized carbons (Fsp3) is 0.136. The van der Waals surface area contributed by atoms with Crippen LogP contribution in [-0.2, 0) is 6.61 Å².